The Balaban J connectivity index is 1.67. The smallest absolute Gasteiger partial charge is 0.150 e. The van der Waals surface area contributed by atoms with E-state index in [0.29, 0.717) is 18.7 Å². The number of nitrogen functional groups attached to an aromatic ring is 1. The molecular formula is C26H25N5O. The maximum absolute atomic E-state index is 10.7. The number of hydrogen-bond acceptors (Lipinski definition) is 5. The summed E-state index contributed by atoms with van der Waals surface area (Å²) in [5.74, 6) is 1.16. The minimum Gasteiger partial charge on any atom is -0.390 e. The third-order valence-electron chi connectivity index (χ3n) is 5.99. The molecule has 0 aliphatic rings. The number of nitrogens with zero attached hydrogens (tertiary/aromatic N) is 4. The first kappa shape index (κ1) is 20.2. The Hall–Kier alpha value is -3.77. The Morgan fingerprint density at radius 1 is 1.00 bits per heavy atom. The van der Waals surface area contributed by atoms with Crippen LogP contribution < -0.4 is 5.73 Å². The van der Waals surface area contributed by atoms with Gasteiger partial charge in [-0.3, -0.25) is 4.40 Å². The molecule has 0 saturated carbocycles. The molecule has 5 rings (SSSR count). The molecular weight excluding hydrogens is 398 g/mol. The molecule has 0 spiro atoms. The van der Waals surface area contributed by atoms with E-state index in [1.54, 1.807) is 6.20 Å². The van der Waals surface area contributed by atoms with Gasteiger partial charge in [-0.25, -0.2) is 15.0 Å². The molecule has 3 heterocycles. The number of rotatable bonds is 5. The Kier molecular flexibility index (Phi) is 4.87. The molecule has 2 aromatic carbocycles. The fourth-order valence-corrected chi connectivity index (χ4v) is 3.95. The average Bonchev–Trinajstić information content (AvgIpc) is 3.18. The number of anilines is 1. The minimum absolute atomic E-state index is 0.406. The number of imidazole rings is 1. The third kappa shape index (κ3) is 3.59. The highest BCUT2D eigenvalue weighted by Crippen LogP contribution is 2.32. The van der Waals surface area contributed by atoms with Crippen molar-refractivity contribution in [1.82, 2.24) is 19.4 Å². The molecule has 0 radical (unpaired) electrons. The van der Waals surface area contributed by atoms with Crippen molar-refractivity contribution in [2.24, 2.45) is 0 Å². The monoisotopic (exact) mass is 423 g/mol. The van der Waals surface area contributed by atoms with Gasteiger partial charge in [-0.15, -0.1) is 0 Å². The maximum Gasteiger partial charge on any atom is 0.150 e. The van der Waals surface area contributed by atoms with E-state index in [1.165, 1.54) is 0 Å². The van der Waals surface area contributed by atoms with Crippen molar-refractivity contribution in [3.63, 3.8) is 0 Å². The van der Waals surface area contributed by atoms with Crippen molar-refractivity contribution in [3.8, 4) is 22.5 Å². The van der Waals surface area contributed by atoms with Crippen molar-refractivity contribution in [2.75, 3.05) is 5.73 Å². The lowest BCUT2D eigenvalue weighted by Crippen LogP contribution is -2.27. The molecule has 0 amide bonds. The normalized spacial score (nSPS) is 13.5. The van der Waals surface area contributed by atoms with Crippen LogP contribution in [0.4, 0.5) is 5.82 Å². The van der Waals surface area contributed by atoms with E-state index in [-0.39, 0.29) is 0 Å². The summed E-state index contributed by atoms with van der Waals surface area (Å²) in [4.78, 5) is 14.1. The fraction of sp³-hybridized carbons (Fsp3) is 0.192. The molecule has 0 bridgehead atoms. The Morgan fingerprint density at radius 2 is 1.78 bits per heavy atom. The molecule has 160 valence electrons. The molecule has 5 aromatic rings. The topological polar surface area (TPSA) is 89.3 Å². The lowest BCUT2D eigenvalue weighted by Gasteiger charge is -2.20. The fourth-order valence-electron chi connectivity index (χ4n) is 3.95. The van der Waals surface area contributed by atoms with Gasteiger partial charge in [0.2, 0.25) is 0 Å². The first-order valence-electron chi connectivity index (χ1n) is 10.8. The van der Waals surface area contributed by atoms with Crippen molar-refractivity contribution < 1.29 is 5.11 Å². The summed E-state index contributed by atoms with van der Waals surface area (Å²) in [7, 11) is 0. The summed E-state index contributed by atoms with van der Waals surface area (Å²) < 4.78 is 1.93. The SMILES string of the molecule is CC[C@@](C)(O)Cc1nc(-c2ccc3ccc(-c4ccccc4)nc3c2)c2c(N)nccn12. The standard InChI is InChI=1S/C26H25N5O/c1-3-26(2,32)16-22-30-23(24-25(27)28-13-14-31(22)24)19-10-9-18-11-12-20(29-21(18)15-19)17-7-5-4-6-8-17/h4-15,32H,3,16H2,1-2H3,(H2,27,28)/t26-/m1/s1. The van der Waals surface area contributed by atoms with Gasteiger partial charge < -0.3 is 10.8 Å². The van der Waals surface area contributed by atoms with E-state index in [4.69, 9.17) is 15.7 Å². The molecule has 3 aromatic heterocycles. The second-order valence-corrected chi connectivity index (χ2v) is 8.40. The number of fused-ring (bicyclic) bond motifs is 2. The molecule has 6 nitrogen and oxygen atoms in total. The highest BCUT2D eigenvalue weighted by molar-refractivity contribution is 5.91. The van der Waals surface area contributed by atoms with Crippen LogP contribution in [-0.4, -0.2) is 30.1 Å². The Bertz CT molecular complexity index is 1420. The van der Waals surface area contributed by atoms with E-state index in [0.717, 1.165) is 44.8 Å². The summed E-state index contributed by atoms with van der Waals surface area (Å²) in [5, 5.41) is 11.7. The van der Waals surface area contributed by atoms with Gasteiger partial charge in [0.25, 0.3) is 0 Å². The van der Waals surface area contributed by atoms with Gasteiger partial charge in [0.1, 0.15) is 22.9 Å². The summed E-state index contributed by atoms with van der Waals surface area (Å²) in [6, 6.07) is 20.4. The van der Waals surface area contributed by atoms with Gasteiger partial charge >= 0.3 is 0 Å². The minimum atomic E-state index is -0.855. The van der Waals surface area contributed by atoms with Crippen LogP contribution in [0.3, 0.4) is 0 Å². The van der Waals surface area contributed by atoms with E-state index in [9.17, 15) is 5.11 Å². The number of benzene rings is 2. The summed E-state index contributed by atoms with van der Waals surface area (Å²) >= 11 is 0. The first-order chi connectivity index (χ1) is 15.4. The van der Waals surface area contributed by atoms with Crippen LogP contribution in [0.25, 0.3) is 38.9 Å². The van der Waals surface area contributed by atoms with Crippen molar-refractivity contribution >= 4 is 22.2 Å². The molecule has 0 unspecified atom stereocenters. The van der Waals surface area contributed by atoms with Crippen LogP contribution in [0.5, 0.6) is 0 Å². The number of aromatic nitrogens is 4. The number of hydrogen-bond donors (Lipinski definition) is 2. The van der Waals surface area contributed by atoms with Gasteiger partial charge in [-0.1, -0.05) is 55.5 Å². The predicted octanol–water partition coefficient (Wildman–Crippen LogP) is 4.90. The lowest BCUT2D eigenvalue weighted by atomic mass is 9.99. The number of aliphatic hydroxyl groups is 1. The van der Waals surface area contributed by atoms with Gasteiger partial charge in [-0.05, 0) is 25.5 Å². The second kappa shape index (κ2) is 7.73. The van der Waals surface area contributed by atoms with E-state index < -0.39 is 5.60 Å². The van der Waals surface area contributed by atoms with Gasteiger partial charge in [0.05, 0.1) is 16.8 Å². The Morgan fingerprint density at radius 3 is 2.56 bits per heavy atom. The van der Waals surface area contributed by atoms with Crippen molar-refractivity contribution in [2.45, 2.75) is 32.3 Å². The molecule has 0 aliphatic carbocycles. The zero-order valence-electron chi connectivity index (χ0n) is 18.2. The van der Waals surface area contributed by atoms with Crippen molar-refractivity contribution in [3.05, 3.63) is 78.9 Å². The molecule has 1 atom stereocenters. The maximum atomic E-state index is 10.7. The van der Waals surface area contributed by atoms with Crippen molar-refractivity contribution in [1.29, 1.82) is 0 Å². The molecule has 0 saturated heterocycles. The van der Waals surface area contributed by atoms with Crippen LogP contribution in [0, 0.1) is 0 Å². The molecule has 6 heteroatoms. The van der Waals surface area contributed by atoms with Crippen LogP contribution >= 0.6 is 0 Å². The predicted molar refractivity (Wildman–Crippen MR) is 128 cm³/mol. The summed E-state index contributed by atoms with van der Waals surface area (Å²) in [5.41, 5.74) is 10.7. The molecule has 0 aliphatic heterocycles. The van der Waals surface area contributed by atoms with Crippen LogP contribution in [-0.2, 0) is 6.42 Å². The first-order valence-corrected chi connectivity index (χ1v) is 10.8. The highest BCUT2D eigenvalue weighted by atomic mass is 16.3. The second-order valence-electron chi connectivity index (χ2n) is 8.40. The van der Waals surface area contributed by atoms with Crippen LogP contribution in [0.15, 0.2) is 73.1 Å². The highest BCUT2D eigenvalue weighted by Gasteiger charge is 2.24. The number of nitrogens with two attached hydrogens (primary N) is 1. The van der Waals surface area contributed by atoms with Crippen LogP contribution in [0.1, 0.15) is 26.1 Å². The molecule has 32 heavy (non-hydrogen) atoms. The molecule has 3 N–H and O–H groups in total. The zero-order chi connectivity index (χ0) is 22.3. The van der Waals surface area contributed by atoms with E-state index >= 15 is 0 Å². The summed E-state index contributed by atoms with van der Waals surface area (Å²) in [6.45, 7) is 3.79. The Labute approximate surface area is 186 Å². The lowest BCUT2D eigenvalue weighted by molar-refractivity contribution is 0.0543. The molecule has 0 fully saturated rings. The third-order valence-corrected chi connectivity index (χ3v) is 5.99. The summed E-state index contributed by atoms with van der Waals surface area (Å²) in [6.07, 6.45) is 4.54. The quantitative estimate of drug-likeness (QED) is 0.420. The zero-order valence-corrected chi connectivity index (χ0v) is 18.2. The largest absolute Gasteiger partial charge is 0.390 e. The van der Waals surface area contributed by atoms with Gasteiger partial charge in [0, 0.05) is 35.3 Å². The van der Waals surface area contributed by atoms with E-state index in [1.807, 2.05) is 66.9 Å². The van der Waals surface area contributed by atoms with Gasteiger partial charge in [-0.2, -0.15) is 0 Å². The van der Waals surface area contributed by atoms with Gasteiger partial charge in [0.15, 0.2) is 0 Å². The number of pyridine rings is 1. The average molecular weight is 424 g/mol. The van der Waals surface area contributed by atoms with E-state index in [2.05, 4.69) is 23.2 Å². The van der Waals surface area contributed by atoms with Crippen LogP contribution in [0.2, 0.25) is 0 Å².